The number of aliphatic carboxylic acids is 1. The molecule has 1 N–H and O–H groups in total. The summed E-state index contributed by atoms with van der Waals surface area (Å²) in [6.07, 6.45) is -0.634. The molecule has 0 aliphatic carbocycles. The molecule has 1 heterocycles. The van der Waals surface area contributed by atoms with Gasteiger partial charge in [0, 0.05) is 18.9 Å². The van der Waals surface area contributed by atoms with Crippen molar-refractivity contribution in [1.29, 1.82) is 0 Å². The van der Waals surface area contributed by atoms with E-state index < -0.39 is 12.1 Å². The lowest BCUT2D eigenvalue weighted by Crippen LogP contribution is -2.48. The van der Waals surface area contributed by atoms with Crippen molar-refractivity contribution in [2.24, 2.45) is 0 Å². The number of nitrogens with zero attached hydrogens (tertiary/aromatic N) is 1. The van der Waals surface area contributed by atoms with Crippen LogP contribution in [0.4, 0.5) is 0 Å². The molecule has 0 radical (unpaired) electrons. The van der Waals surface area contributed by atoms with Crippen molar-refractivity contribution in [2.45, 2.75) is 18.4 Å². The fraction of sp³-hybridized carbons (Fsp3) is 0.300. The molecule has 2 aromatic rings. The van der Waals surface area contributed by atoms with Gasteiger partial charge in [0.25, 0.3) is 0 Å². The summed E-state index contributed by atoms with van der Waals surface area (Å²) in [6, 6.07) is 19.8. The van der Waals surface area contributed by atoms with Crippen LogP contribution >= 0.6 is 0 Å². The van der Waals surface area contributed by atoms with Gasteiger partial charge in [0.15, 0.2) is 6.10 Å². The molecular weight excluding hydrogens is 318 g/mol. The normalized spacial score (nSPS) is 17.5. The zero-order chi connectivity index (χ0) is 17.6. The van der Waals surface area contributed by atoms with Gasteiger partial charge in [-0.05, 0) is 11.1 Å². The average molecular weight is 339 g/mol. The van der Waals surface area contributed by atoms with E-state index in [1.54, 1.807) is 4.90 Å². The monoisotopic (exact) mass is 339 g/mol. The zero-order valence-corrected chi connectivity index (χ0v) is 13.9. The molecule has 1 atom stereocenters. The van der Waals surface area contributed by atoms with E-state index in [1.165, 1.54) is 0 Å². The molecule has 1 amide bonds. The summed E-state index contributed by atoms with van der Waals surface area (Å²) in [4.78, 5) is 25.5. The third-order valence-corrected chi connectivity index (χ3v) is 4.48. The Kier molecular flexibility index (Phi) is 5.46. The number of benzene rings is 2. The minimum Gasteiger partial charge on any atom is -0.479 e. The van der Waals surface area contributed by atoms with E-state index in [-0.39, 0.29) is 25.0 Å². The van der Waals surface area contributed by atoms with Crippen LogP contribution in [-0.4, -0.2) is 47.7 Å². The number of amides is 1. The van der Waals surface area contributed by atoms with Crippen molar-refractivity contribution in [3.05, 3.63) is 71.8 Å². The summed E-state index contributed by atoms with van der Waals surface area (Å²) in [5.41, 5.74) is 2.15. The molecule has 3 rings (SSSR count). The minimum atomic E-state index is -1.03. The topological polar surface area (TPSA) is 66.8 Å². The summed E-state index contributed by atoms with van der Waals surface area (Å²) < 4.78 is 5.20. The van der Waals surface area contributed by atoms with E-state index in [1.807, 2.05) is 60.7 Å². The Morgan fingerprint density at radius 2 is 1.60 bits per heavy atom. The zero-order valence-electron chi connectivity index (χ0n) is 13.9. The maximum absolute atomic E-state index is 12.8. The predicted octanol–water partition coefficient (Wildman–Crippen LogP) is 2.52. The Balaban J connectivity index is 1.78. The molecule has 0 aromatic heterocycles. The van der Waals surface area contributed by atoms with Crippen molar-refractivity contribution in [3.63, 3.8) is 0 Å². The van der Waals surface area contributed by atoms with Crippen molar-refractivity contribution < 1.29 is 19.4 Å². The molecule has 5 nitrogen and oxygen atoms in total. The molecule has 1 saturated heterocycles. The molecule has 2 aromatic carbocycles. The van der Waals surface area contributed by atoms with Gasteiger partial charge in [-0.1, -0.05) is 60.7 Å². The number of carboxylic acid groups (broad SMARTS) is 1. The van der Waals surface area contributed by atoms with Gasteiger partial charge in [-0.2, -0.15) is 0 Å². The molecule has 1 fully saturated rings. The van der Waals surface area contributed by atoms with Gasteiger partial charge < -0.3 is 14.7 Å². The van der Waals surface area contributed by atoms with Crippen molar-refractivity contribution in [2.75, 3.05) is 19.7 Å². The van der Waals surface area contributed by atoms with Crippen LogP contribution in [0.2, 0.25) is 0 Å². The molecule has 0 spiro atoms. The minimum absolute atomic E-state index is 0.0488. The Bertz CT molecular complexity index is 677. The standard InChI is InChI=1S/C20H21NO4/c22-19(21-11-12-25-18(14-21)20(23)24)13-17(15-7-3-1-4-8-15)16-9-5-2-6-10-16/h1-10,17-18H,11-14H2,(H,23,24)/t18-/m1/s1. The first kappa shape index (κ1) is 17.2. The van der Waals surface area contributed by atoms with Gasteiger partial charge in [-0.3, -0.25) is 4.79 Å². The third kappa shape index (κ3) is 4.25. The SMILES string of the molecule is O=C(O)[C@H]1CN(C(=O)CC(c2ccccc2)c2ccccc2)CCO1. The summed E-state index contributed by atoms with van der Waals surface area (Å²) in [5.74, 6) is -1.13. The highest BCUT2D eigenvalue weighted by Gasteiger charge is 2.30. The second kappa shape index (κ2) is 7.94. The number of rotatable bonds is 5. The average Bonchev–Trinajstić information content (AvgIpc) is 2.67. The van der Waals surface area contributed by atoms with Crippen LogP contribution < -0.4 is 0 Å². The highest BCUT2D eigenvalue weighted by molar-refractivity contribution is 5.80. The Labute approximate surface area is 146 Å². The van der Waals surface area contributed by atoms with Gasteiger partial charge in [0.1, 0.15) is 0 Å². The first-order valence-corrected chi connectivity index (χ1v) is 8.37. The maximum atomic E-state index is 12.8. The van der Waals surface area contributed by atoms with Crippen LogP contribution in [0.5, 0.6) is 0 Å². The van der Waals surface area contributed by atoms with Gasteiger partial charge >= 0.3 is 5.97 Å². The lowest BCUT2D eigenvalue weighted by molar-refractivity contribution is -0.159. The first-order valence-electron chi connectivity index (χ1n) is 8.37. The van der Waals surface area contributed by atoms with Crippen LogP contribution in [0, 0.1) is 0 Å². The van der Waals surface area contributed by atoms with E-state index in [4.69, 9.17) is 9.84 Å². The van der Waals surface area contributed by atoms with Crippen molar-refractivity contribution in [1.82, 2.24) is 4.90 Å². The lowest BCUT2D eigenvalue weighted by Gasteiger charge is -2.32. The molecule has 0 unspecified atom stereocenters. The number of morpholine rings is 1. The van der Waals surface area contributed by atoms with Crippen LogP contribution in [0.3, 0.4) is 0 Å². The molecule has 0 saturated carbocycles. The number of hydrogen-bond acceptors (Lipinski definition) is 3. The van der Waals surface area contributed by atoms with Gasteiger partial charge in [-0.15, -0.1) is 0 Å². The van der Waals surface area contributed by atoms with Gasteiger partial charge in [-0.25, -0.2) is 4.79 Å². The van der Waals surface area contributed by atoms with Crippen LogP contribution in [0.25, 0.3) is 0 Å². The summed E-state index contributed by atoms with van der Waals surface area (Å²) >= 11 is 0. The van der Waals surface area contributed by atoms with Crippen molar-refractivity contribution in [3.8, 4) is 0 Å². The van der Waals surface area contributed by atoms with E-state index in [0.29, 0.717) is 13.0 Å². The fourth-order valence-corrected chi connectivity index (χ4v) is 3.13. The Morgan fingerprint density at radius 1 is 1.04 bits per heavy atom. The molecule has 5 heteroatoms. The summed E-state index contributed by atoms with van der Waals surface area (Å²) in [7, 11) is 0. The van der Waals surface area contributed by atoms with E-state index >= 15 is 0 Å². The third-order valence-electron chi connectivity index (χ3n) is 4.48. The van der Waals surface area contributed by atoms with E-state index in [2.05, 4.69) is 0 Å². The molecule has 1 aliphatic rings. The highest BCUT2D eigenvalue weighted by atomic mass is 16.5. The lowest BCUT2D eigenvalue weighted by atomic mass is 9.88. The summed E-state index contributed by atoms with van der Waals surface area (Å²) in [5, 5.41) is 9.11. The molecule has 25 heavy (non-hydrogen) atoms. The van der Waals surface area contributed by atoms with E-state index in [0.717, 1.165) is 11.1 Å². The molecular formula is C20H21NO4. The van der Waals surface area contributed by atoms with Crippen molar-refractivity contribution >= 4 is 11.9 Å². The fourth-order valence-electron chi connectivity index (χ4n) is 3.13. The molecule has 130 valence electrons. The number of carbonyl (C=O) groups is 2. The quantitative estimate of drug-likeness (QED) is 0.909. The van der Waals surface area contributed by atoms with Crippen LogP contribution in [-0.2, 0) is 14.3 Å². The van der Waals surface area contributed by atoms with Gasteiger partial charge in [0.2, 0.25) is 5.91 Å². The second-order valence-electron chi connectivity index (χ2n) is 6.12. The maximum Gasteiger partial charge on any atom is 0.334 e. The predicted molar refractivity (Wildman–Crippen MR) is 93.3 cm³/mol. The number of carbonyl (C=O) groups excluding carboxylic acids is 1. The smallest absolute Gasteiger partial charge is 0.334 e. The number of carboxylic acids is 1. The Morgan fingerprint density at radius 3 is 2.12 bits per heavy atom. The van der Waals surface area contributed by atoms with Crippen LogP contribution in [0.15, 0.2) is 60.7 Å². The number of ether oxygens (including phenoxy) is 1. The first-order chi connectivity index (χ1) is 12.1. The number of hydrogen-bond donors (Lipinski definition) is 1. The summed E-state index contributed by atoms with van der Waals surface area (Å²) in [6.45, 7) is 0.785. The Hall–Kier alpha value is -2.66. The van der Waals surface area contributed by atoms with Crippen LogP contribution in [0.1, 0.15) is 23.5 Å². The molecule has 0 bridgehead atoms. The largest absolute Gasteiger partial charge is 0.479 e. The second-order valence-corrected chi connectivity index (χ2v) is 6.12. The van der Waals surface area contributed by atoms with Gasteiger partial charge in [0.05, 0.1) is 13.2 Å². The molecule has 1 aliphatic heterocycles. The van der Waals surface area contributed by atoms with E-state index in [9.17, 15) is 9.59 Å². The highest BCUT2D eigenvalue weighted by Crippen LogP contribution is 2.28.